The lowest BCUT2D eigenvalue weighted by atomic mass is 10.2. The summed E-state index contributed by atoms with van der Waals surface area (Å²) in [5.74, 6) is -0.116. The van der Waals surface area contributed by atoms with Crippen LogP contribution in [0.1, 0.15) is 10.4 Å². The van der Waals surface area contributed by atoms with E-state index in [1.54, 1.807) is 25.3 Å². The van der Waals surface area contributed by atoms with E-state index in [9.17, 15) is 4.79 Å². The predicted octanol–water partition coefficient (Wildman–Crippen LogP) is 2.15. The Labute approximate surface area is 99.1 Å². The van der Waals surface area contributed by atoms with Crippen LogP contribution in [0, 0.1) is 0 Å². The summed E-state index contributed by atoms with van der Waals surface area (Å²) in [5, 5.41) is 0.307. The van der Waals surface area contributed by atoms with Gasteiger partial charge in [-0.3, -0.25) is 0 Å². The number of carbonyl (C=O) groups is 1. The molecule has 0 fully saturated rings. The van der Waals surface area contributed by atoms with Crippen LogP contribution in [0.3, 0.4) is 0 Å². The van der Waals surface area contributed by atoms with Crippen LogP contribution in [0.2, 0.25) is 5.02 Å². The summed E-state index contributed by atoms with van der Waals surface area (Å²) in [7, 11) is 2.87. The molecule has 0 aliphatic heterocycles. The summed E-state index contributed by atoms with van der Waals surface area (Å²) in [6.45, 7) is 0.786. The molecule has 0 atom stereocenters. The number of ether oxygens (including phenoxy) is 3. The molecule has 4 nitrogen and oxygen atoms in total. The molecule has 1 aromatic carbocycles. The molecular weight excluding hydrogens is 232 g/mol. The monoisotopic (exact) mass is 244 g/mol. The minimum atomic E-state index is -0.516. The van der Waals surface area contributed by atoms with Crippen LogP contribution in [-0.4, -0.2) is 33.4 Å². The van der Waals surface area contributed by atoms with Crippen molar-refractivity contribution in [3.63, 3.8) is 0 Å². The number of hydrogen-bond donors (Lipinski definition) is 0. The second-order valence-corrected chi connectivity index (χ2v) is 3.35. The zero-order chi connectivity index (χ0) is 12.0. The van der Waals surface area contributed by atoms with Crippen LogP contribution in [0.25, 0.3) is 0 Å². The molecule has 0 radical (unpaired) electrons. The first-order valence-corrected chi connectivity index (χ1v) is 5.07. The van der Waals surface area contributed by atoms with Crippen molar-refractivity contribution in [2.75, 3.05) is 27.4 Å². The lowest BCUT2D eigenvalue weighted by Gasteiger charge is -2.10. The van der Waals surface area contributed by atoms with Gasteiger partial charge < -0.3 is 14.2 Å². The second kappa shape index (κ2) is 6.35. The molecule has 0 saturated heterocycles. The third-order valence-electron chi connectivity index (χ3n) is 1.91. The largest absolute Gasteiger partial charge is 0.490 e. The van der Waals surface area contributed by atoms with Crippen LogP contribution in [-0.2, 0) is 9.47 Å². The number of hydrogen-bond acceptors (Lipinski definition) is 4. The molecule has 1 rings (SSSR count). The third kappa shape index (κ3) is 3.12. The molecular formula is C11H13ClO4. The molecule has 5 heteroatoms. The van der Waals surface area contributed by atoms with Crippen LogP contribution in [0.15, 0.2) is 18.2 Å². The Balaban J connectivity index is 2.89. The standard InChI is InChI=1S/C11H13ClO4/c1-14-6-7-16-9-5-3-4-8(12)10(9)11(13)15-2/h3-5H,6-7H2,1-2H3. The van der Waals surface area contributed by atoms with Gasteiger partial charge in [-0.05, 0) is 12.1 Å². The Hall–Kier alpha value is -1.26. The first-order valence-electron chi connectivity index (χ1n) is 4.69. The van der Waals surface area contributed by atoms with E-state index >= 15 is 0 Å². The number of benzene rings is 1. The molecule has 1 aromatic rings. The smallest absolute Gasteiger partial charge is 0.343 e. The maximum Gasteiger partial charge on any atom is 0.343 e. The average Bonchev–Trinajstić information content (AvgIpc) is 2.29. The Morgan fingerprint density at radius 1 is 1.31 bits per heavy atom. The highest BCUT2D eigenvalue weighted by Crippen LogP contribution is 2.27. The molecule has 0 aromatic heterocycles. The van der Waals surface area contributed by atoms with Gasteiger partial charge in [0.25, 0.3) is 0 Å². The average molecular weight is 245 g/mol. The van der Waals surface area contributed by atoms with Gasteiger partial charge in [-0.1, -0.05) is 17.7 Å². The minimum Gasteiger partial charge on any atom is -0.490 e. The van der Waals surface area contributed by atoms with Gasteiger partial charge in [0, 0.05) is 7.11 Å². The Kier molecular flexibility index (Phi) is 5.08. The van der Waals surface area contributed by atoms with E-state index in [-0.39, 0.29) is 5.56 Å². The summed E-state index contributed by atoms with van der Waals surface area (Å²) in [4.78, 5) is 11.5. The van der Waals surface area contributed by atoms with Crippen molar-refractivity contribution >= 4 is 17.6 Å². The zero-order valence-corrected chi connectivity index (χ0v) is 9.91. The molecule has 0 aliphatic rings. The SMILES string of the molecule is COCCOc1cccc(Cl)c1C(=O)OC. The van der Waals surface area contributed by atoms with Gasteiger partial charge in [0.2, 0.25) is 0 Å². The lowest BCUT2D eigenvalue weighted by molar-refractivity contribution is 0.0594. The predicted molar refractivity (Wildman–Crippen MR) is 60.2 cm³/mol. The Bertz CT molecular complexity index is 365. The van der Waals surface area contributed by atoms with Crippen molar-refractivity contribution in [3.05, 3.63) is 28.8 Å². The van der Waals surface area contributed by atoms with Crippen LogP contribution in [0.4, 0.5) is 0 Å². The van der Waals surface area contributed by atoms with E-state index in [4.69, 9.17) is 21.1 Å². The second-order valence-electron chi connectivity index (χ2n) is 2.95. The van der Waals surface area contributed by atoms with Crippen molar-refractivity contribution in [1.82, 2.24) is 0 Å². The first kappa shape index (κ1) is 12.8. The summed E-state index contributed by atoms with van der Waals surface area (Å²) in [6, 6.07) is 4.97. The molecule has 0 N–H and O–H groups in total. The molecule has 0 saturated carbocycles. The fraction of sp³-hybridized carbons (Fsp3) is 0.364. The third-order valence-corrected chi connectivity index (χ3v) is 2.22. The molecule has 0 aliphatic carbocycles. The minimum absolute atomic E-state index is 0.239. The van der Waals surface area contributed by atoms with Gasteiger partial charge in [0.05, 0.1) is 18.7 Å². The molecule has 0 amide bonds. The van der Waals surface area contributed by atoms with Crippen molar-refractivity contribution in [2.45, 2.75) is 0 Å². The molecule has 0 heterocycles. The summed E-state index contributed by atoms with van der Waals surface area (Å²) in [6.07, 6.45) is 0. The molecule has 0 spiro atoms. The number of methoxy groups -OCH3 is 2. The van der Waals surface area contributed by atoms with E-state index in [1.807, 2.05) is 0 Å². The molecule has 16 heavy (non-hydrogen) atoms. The van der Waals surface area contributed by atoms with Gasteiger partial charge in [0.1, 0.15) is 17.9 Å². The van der Waals surface area contributed by atoms with Crippen molar-refractivity contribution in [3.8, 4) is 5.75 Å². The Morgan fingerprint density at radius 3 is 2.69 bits per heavy atom. The van der Waals surface area contributed by atoms with Crippen molar-refractivity contribution in [2.24, 2.45) is 0 Å². The van der Waals surface area contributed by atoms with Gasteiger partial charge in [-0.25, -0.2) is 4.79 Å². The van der Waals surface area contributed by atoms with E-state index in [2.05, 4.69) is 4.74 Å². The number of esters is 1. The normalized spacial score (nSPS) is 9.94. The van der Waals surface area contributed by atoms with Crippen LogP contribution in [0.5, 0.6) is 5.75 Å². The molecule has 0 bridgehead atoms. The highest BCUT2D eigenvalue weighted by molar-refractivity contribution is 6.34. The molecule has 88 valence electrons. The van der Waals surface area contributed by atoms with Crippen LogP contribution < -0.4 is 4.74 Å². The van der Waals surface area contributed by atoms with E-state index in [0.717, 1.165) is 0 Å². The van der Waals surface area contributed by atoms with E-state index in [1.165, 1.54) is 7.11 Å². The van der Waals surface area contributed by atoms with Gasteiger partial charge in [-0.15, -0.1) is 0 Å². The lowest BCUT2D eigenvalue weighted by Crippen LogP contribution is -2.10. The van der Waals surface area contributed by atoms with E-state index in [0.29, 0.717) is 24.0 Å². The number of carbonyl (C=O) groups excluding carboxylic acids is 1. The van der Waals surface area contributed by atoms with Gasteiger partial charge in [0.15, 0.2) is 0 Å². The fourth-order valence-electron chi connectivity index (χ4n) is 1.16. The van der Waals surface area contributed by atoms with E-state index < -0.39 is 5.97 Å². The zero-order valence-electron chi connectivity index (χ0n) is 9.16. The fourth-order valence-corrected chi connectivity index (χ4v) is 1.40. The first-order chi connectivity index (χ1) is 7.70. The maximum absolute atomic E-state index is 11.5. The maximum atomic E-state index is 11.5. The quantitative estimate of drug-likeness (QED) is 0.588. The van der Waals surface area contributed by atoms with Gasteiger partial charge in [-0.2, -0.15) is 0 Å². The van der Waals surface area contributed by atoms with Crippen LogP contribution >= 0.6 is 11.6 Å². The highest BCUT2D eigenvalue weighted by Gasteiger charge is 2.16. The number of halogens is 1. The van der Waals surface area contributed by atoms with Crippen molar-refractivity contribution < 1.29 is 19.0 Å². The molecule has 0 unspecified atom stereocenters. The summed E-state index contributed by atoms with van der Waals surface area (Å²) < 4.78 is 14.8. The van der Waals surface area contributed by atoms with Crippen molar-refractivity contribution in [1.29, 1.82) is 0 Å². The summed E-state index contributed by atoms with van der Waals surface area (Å²) >= 11 is 5.90. The van der Waals surface area contributed by atoms with Gasteiger partial charge >= 0.3 is 5.97 Å². The Morgan fingerprint density at radius 2 is 2.06 bits per heavy atom. The highest BCUT2D eigenvalue weighted by atomic mass is 35.5. The number of rotatable bonds is 5. The topological polar surface area (TPSA) is 44.8 Å². The summed E-state index contributed by atoms with van der Waals surface area (Å²) in [5.41, 5.74) is 0.239.